The van der Waals surface area contributed by atoms with Gasteiger partial charge >= 0.3 is 12.1 Å². The molecule has 6 heteroatoms. The number of likely N-dealkylation sites (tertiary alicyclic amines) is 1. The number of carboxylic acids is 1. The maximum absolute atomic E-state index is 12.6. The number of likely N-dealkylation sites (N-methyl/N-ethyl adjacent to an activating group) is 1. The third-order valence-electron chi connectivity index (χ3n) is 6.67. The van der Waals surface area contributed by atoms with Gasteiger partial charge in [0.2, 0.25) is 0 Å². The van der Waals surface area contributed by atoms with Crippen molar-refractivity contribution in [1.29, 1.82) is 0 Å². The first-order chi connectivity index (χ1) is 14.0. The summed E-state index contributed by atoms with van der Waals surface area (Å²) in [6, 6.07) is 16.7. The number of carboxylic acid groups (broad SMARTS) is 1. The highest BCUT2D eigenvalue weighted by atomic mass is 16.6. The fourth-order valence-electron chi connectivity index (χ4n) is 4.72. The highest BCUT2D eigenvalue weighted by Crippen LogP contribution is 2.44. The molecule has 0 unspecified atom stereocenters. The summed E-state index contributed by atoms with van der Waals surface area (Å²) >= 11 is 0. The van der Waals surface area contributed by atoms with Crippen LogP contribution in [0, 0.1) is 0 Å². The second-order valence-corrected chi connectivity index (χ2v) is 8.34. The van der Waals surface area contributed by atoms with Crippen LogP contribution in [0.5, 0.6) is 0 Å². The first kappa shape index (κ1) is 18.2. The van der Waals surface area contributed by atoms with Gasteiger partial charge in [0.1, 0.15) is 6.61 Å². The van der Waals surface area contributed by atoms with Crippen molar-refractivity contribution in [1.82, 2.24) is 9.80 Å². The minimum Gasteiger partial charge on any atom is -0.480 e. The molecular weight excluding hydrogens is 368 g/mol. The lowest BCUT2D eigenvalue weighted by Crippen LogP contribution is -2.74. The van der Waals surface area contributed by atoms with Crippen LogP contribution in [0.1, 0.15) is 29.9 Å². The Morgan fingerprint density at radius 1 is 1.07 bits per heavy atom. The molecule has 1 amide bonds. The SMILES string of the molecule is CN(C1CC1)C1(C(=O)O)CN(C(=O)OCC2c3ccccc3-c3ccccc32)C1. The number of ether oxygens (including phenoxy) is 1. The van der Waals surface area contributed by atoms with Gasteiger partial charge in [-0.1, -0.05) is 48.5 Å². The Labute approximate surface area is 169 Å². The van der Waals surface area contributed by atoms with Crippen LogP contribution in [0.3, 0.4) is 0 Å². The minimum absolute atomic E-state index is 0.00555. The number of hydrogen-bond donors (Lipinski definition) is 1. The number of nitrogens with zero attached hydrogens (tertiary/aromatic N) is 2. The van der Waals surface area contributed by atoms with Crippen LogP contribution >= 0.6 is 0 Å². The zero-order chi connectivity index (χ0) is 20.2. The van der Waals surface area contributed by atoms with E-state index in [2.05, 4.69) is 24.3 Å². The van der Waals surface area contributed by atoms with Crippen molar-refractivity contribution in [3.8, 4) is 11.1 Å². The number of carbonyl (C=O) groups is 2. The highest BCUT2D eigenvalue weighted by molar-refractivity contribution is 5.84. The fraction of sp³-hybridized carbons (Fsp3) is 0.391. The number of carbonyl (C=O) groups excluding carboxylic acids is 1. The summed E-state index contributed by atoms with van der Waals surface area (Å²) in [6.45, 7) is 0.597. The van der Waals surface area contributed by atoms with Crippen molar-refractivity contribution >= 4 is 12.1 Å². The Kier molecular flexibility index (Phi) is 4.13. The van der Waals surface area contributed by atoms with Crippen molar-refractivity contribution in [2.24, 2.45) is 0 Å². The lowest BCUT2D eigenvalue weighted by Gasteiger charge is -2.51. The monoisotopic (exact) mass is 392 g/mol. The van der Waals surface area contributed by atoms with E-state index in [1.165, 1.54) is 27.2 Å². The second-order valence-electron chi connectivity index (χ2n) is 8.34. The molecule has 0 spiro atoms. The number of rotatable bonds is 5. The van der Waals surface area contributed by atoms with Crippen molar-refractivity contribution in [3.63, 3.8) is 0 Å². The number of hydrogen-bond acceptors (Lipinski definition) is 4. The van der Waals surface area contributed by atoms with Crippen LogP contribution in [0.2, 0.25) is 0 Å². The van der Waals surface area contributed by atoms with Crippen molar-refractivity contribution in [3.05, 3.63) is 59.7 Å². The molecule has 0 radical (unpaired) electrons. The molecule has 29 heavy (non-hydrogen) atoms. The summed E-state index contributed by atoms with van der Waals surface area (Å²) in [6.07, 6.45) is 1.61. The zero-order valence-electron chi connectivity index (χ0n) is 16.4. The average Bonchev–Trinajstić information content (AvgIpc) is 3.48. The van der Waals surface area contributed by atoms with Crippen LogP contribution in [-0.4, -0.2) is 65.3 Å². The van der Waals surface area contributed by atoms with Gasteiger partial charge < -0.3 is 14.7 Å². The standard InChI is InChI=1S/C23H24N2O4/c1-24(15-10-11-15)23(21(26)27)13-25(14-23)22(28)29-12-20-18-8-4-2-6-16(18)17-7-3-5-9-19(17)20/h2-9,15,20H,10-14H2,1H3,(H,26,27). The summed E-state index contributed by atoms with van der Waals surface area (Å²) in [5, 5.41) is 9.73. The zero-order valence-corrected chi connectivity index (χ0v) is 16.4. The third-order valence-corrected chi connectivity index (χ3v) is 6.67. The van der Waals surface area contributed by atoms with Gasteiger partial charge in [-0.25, -0.2) is 4.79 Å². The summed E-state index contributed by atoms with van der Waals surface area (Å²) < 4.78 is 5.65. The normalized spacial score (nSPS) is 19.4. The van der Waals surface area contributed by atoms with Crippen LogP contribution in [0.25, 0.3) is 11.1 Å². The van der Waals surface area contributed by atoms with Crippen molar-refractivity contribution < 1.29 is 19.4 Å². The fourth-order valence-corrected chi connectivity index (χ4v) is 4.72. The first-order valence-corrected chi connectivity index (χ1v) is 10.1. The predicted octanol–water partition coefficient (Wildman–Crippen LogP) is 3.17. The minimum atomic E-state index is -0.979. The molecule has 0 aromatic heterocycles. The molecule has 1 aliphatic heterocycles. The van der Waals surface area contributed by atoms with E-state index in [-0.39, 0.29) is 25.6 Å². The van der Waals surface area contributed by atoms with Gasteiger partial charge in [-0.3, -0.25) is 9.69 Å². The van der Waals surface area contributed by atoms with E-state index in [1.54, 1.807) is 0 Å². The smallest absolute Gasteiger partial charge is 0.409 e. The number of fused-ring (bicyclic) bond motifs is 3. The second kappa shape index (κ2) is 6.59. The van der Waals surface area contributed by atoms with E-state index in [0.717, 1.165) is 12.8 Å². The van der Waals surface area contributed by atoms with E-state index in [4.69, 9.17) is 4.74 Å². The first-order valence-electron chi connectivity index (χ1n) is 10.1. The largest absolute Gasteiger partial charge is 0.480 e. The Morgan fingerprint density at radius 3 is 2.14 bits per heavy atom. The van der Waals surface area contributed by atoms with Gasteiger partial charge in [0, 0.05) is 12.0 Å². The average molecular weight is 392 g/mol. The van der Waals surface area contributed by atoms with E-state index in [0.29, 0.717) is 6.04 Å². The van der Waals surface area contributed by atoms with Crippen molar-refractivity contribution in [2.45, 2.75) is 30.3 Å². The maximum atomic E-state index is 12.6. The van der Waals surface area contributed by atoms with Crippen LogP contribution in [0.4, 0.5) is 4.79 Å². The predicted molar refractivity (Wildman–Crippen MR) is 108 cm³/mol. The molecule has 1 saturated carbocycles. The van der Waals surface area contributed by atoms with Crippen molar-refractivity contribution in [2.75, 3.05) is 26.7 Å². The van der Waals surface area contributed by atoms with Gasteiger partial charge in [0.25, 0.3) is 0 Å². The Bertz CT molecular complexity index is 933. The summed E-state index contributed by atoms with van der Waals surface area (Å²) in [5.74, 6) is -0.861. The van der Waals surface area contributed by atoms with E-state index < -0.39 is 17.6 Å². The van der Waals surface area contributed by atoms with Gasteiger partial charge in [-0.05, 0) is 42.1 Å². The molecule has 150 valence electrons. The molecule has 2 aromatic rings. The number of benzene rings is 2. The van der Waals surface area contributed by atoms with Gasteiger partial charge in [-0.2, -0.15) is 0 Å². The van der Waals surface area contributed by atoms with Crippen LogP contribution in [-0.2, 0) is 9.53 Å². The summed E-state index contributed by atoms with van der Waals surface area (Å²) in [4.78, 5) is 27.9. The number of aliphatic carboxylic acids is 1. The molecule has 0 bridgehead atoms. The van der Waals surface area contributed by atoms with E-state index in [1.807, 2.05) is 36.2 Å². The molecule has 2 aromatic carbocycles. The molecular formula is C23H24N2O4. The molecule has 3 aliphatic rings. The highest BCUT2D eigenvalue weighted by Gasteiger charge is 2.57. The van der Waals surface area contributed by atoms with Gasteiger partial charge in [0.15, 0.2) is 5.54 Å². The van der Waals surface area contributed by atoms with E-state index >= 15 is 0 Å². The third kappa shape index (κ3) is 2.82. The molecule has 1 heterocycles. The molecule has 1 N–H and O–H groups in total. The lowest BCUT2D eigenvalue weighted by molar-refractivity contribution is -0.162. The Morgan fingerprint density at radius 2 is 1.62 bits per heavy atom. The summed E-state index contributed by atoms with van der Waals surface area (Å²) in [7, 11) is 1.85. The number of amides is 1. The quantitative estimate of drug-likeness (QED) is 0.846. The summed E-state index contributed by atoms with van der Waals surface area (Å²) in [5.41, 5.74) is 3.72. The molecule has 0 atom stereocenters. The van der Waals surface area contributed by atoms with Gasteiger partial charge in [-0.15, -0.1) is 0 Å². The van der Waals surface area contributed by atoms with Gasteiger partial charge in [0.05, 0.1) is 13.1 Å². The van der Waals surface area contributed by atoms with Crippen LogP contribution < -0.4 is 0 Å². The molecule has 6 nitrogen and oxygen atoms in total. The van der Waals surface area contributed by atoms with Crippen LogP contribution in [0.15, 0.2) is 48.5 Å². The molecule has 1 saturated heterocycles. The molecule has 2 fully saturated rings. The maximum Gasteiger partial charge on any atom is 0.409 e. The topological polar surface area (TPSA) is 70.1 Å². The molecule has 2 aliphatic carbocycles. The van der Waals surface area contributed by atoms with E-state index in [9.17, 15) is 14.7 Å². The lowest BCUT2D eigenvalue weighted by atomic mass is 9.88. The Balaban J connectivity index is 1.27. The molecule has 5 rings (SSSR count). The Hall–Kier alpha value is -2.86.